The number of carbonyl (C=O) groups excluding carboxylic acids is 1. The van der Waals surface area contributed by atoms with Crippen LogP contribution in [0.25, 0.3) is 0 Å². The first-order chi connectivity index (χ1) is 13.6. The number of hydrogen-bond acceptors (Lipinski definition) is 4. The molecule has 1 aromatic carbocycles. The molecule has 0 aliphatic carbocycles. The molecule has 0 spiro atoms. The normalized spacial score (nSPS) is 20.9. The molecule has 2 aliphatic heterocycles. The number of rotatable bonds is 5. The van der Waals surface area contributed by atoms with Crippen LogP contribution in [0, 0.1) is 0 Å². The average molecular weight is 383 g/mol. The van der Waals surface area contributed by atoms with E-state index in [1.54, 1.807) is 0 Å². The number of nitrogens with zero attached hydrogens (tertiary/aromatic N) is 4. The second-order valence-corrected chi connectivity index (χ2v) is 7.91. The third kappa shape index (κ3) is 4.08. The Morgan fingerprint density at radius 1 is 1.00 bits per heavy atom. The maximum absolute atomic E-state index is 12.9. The number of fused-ring (bicyclic) bond motifs is 1. The van der Waals surface area contributed by atoms with Crippen molar-refractivity contribution in [1.82, 2.24) is 14.4 Å². The minimum Gasteiger partial charge on any atom is -0.388 e. The van der Waals surface area contributed by atoms with Gasteiger partial charge in [-0.3, -0.25) is 9.69 Å². The molecule has 2 aliphatic rings. The Labute approximate surface area is 167 Å². The molecule has 1 aromatic heterocycles. The van der Waals surface area contributed by atoms with E-state index in [0.29, 0.717) is 18.5 Å². The van der Waals surface area contributed by atoms with Gasteiger partial charge in [-0.1, -0.05) is 18.2 Å². The second kappa shape index (κ2) is 8.37. The number of aliphatic hydroxyl groups excluding tert-OH is 1. The number of hydrogen-bond donors (Lipinski definition) is 1. The van der Waals surface area contributed by atoms with Gasteiger partial charge >= 0.3 is 0 Å². The van der Waals surface area contributed by atoms with Gasteiger partial charge in [0, 0.05) is 70.0 Å². The molecule has 1 amide bonds. The number of benzene rings is 1. The zero-order chi connectivity index (χ0) is 19.5. The molecule has 6 heteroatoms. The van der Waals surface area contributed by atoms with Gasteiger partial charge in [-0.05, 0) is 31.5 Å². The Hall–Kier alpha value is -2.31. The smallest absolute Gasteiger partial charge is 0.255 e. The minimum atomic E-state index is -0.545. The van der Waals surface area contributed by atoms with E-state index in [2.05, 4.69) is 40.1 Å². The fraction of sp³-hybridized carbons (Fsp3) is 0.500. The highest BCUT2D eigenvalue weighted by atomic mass is 16.3. The van der Waals surface area contributed by atoms with Crippen molar-refractivity contribution in [3.8, 4) is 0 Å². The molecule has 4 rings (SSSR count). The van der Waals surface area contributed by atoms with Crippen LogP contribution in [0.15, 0.2) is 42.7 Å². The molecule has 2 aromatic rings. The van der Waals surface area contributed by atoms with Gasteiger partial charge < -0.3 is 19.5 Å². The third-order valence-electron chi connectivity index (χ3n) is 5.93. The summed E-state index contributed by atoms with van der Waals surface area (Å²) in [5, 5.41) is 10.3. The maximum atomic E-state index is 12.9. The monoisotopic (exact) mass is 382 g/mol. The van der Waals surface area contributed by atoms with Crippen molar-refractivity contribution in [3.63, 3.8) is 0 Å². The van der Waals surface area contributed by atoms with Crippen LogP contribution in [0.5, 0.6) is 0 Å². The van der Waals surface area contributed by atoms with Crippen molar-refractivity contribution < 1.29 is 9.90 Å². The first-order valence-corrected chi connectivity index (χ1v) is 10.3. The van der Waals surface area contributed by atoms with E-state index in [4.69, 9.17) is 0 Å². The Balaban J connectivity index is 1.26. The molecule has 0 radical (unpaired) electrons. The number of anilines is 1. The molecular weight excluding hydrogens is 352 g/mol. The second-order valence-electron chi connectivity index (χ2n) is 7.91. The molecule has 1 saturated heterocycles. The van der Waals surface area contributed by atoms with Crippen LogP contribution in [-0.4, -0.2) is 71.2 Å². The van der Waals surface area contributed by atoms with Crippen molar-refractivity contribution in [2.75, 3.05) is 50.7 Å². The highest BCUT2D eigenvalue weighted by Gasteiger charge is 2.28. The van der Waals surface area contributed by atoms with Gasteiger partial charge in [0.2, 0.25) is 0 Å². The van der Waals surface area contributed by atoms with E-state index in [1.165, 1.54) is 5.69 Å². The fourth-order valence-corrected chi connectivity index (χ4v) is 4.32. The van der Waals surface area contributed by atoms with E-state index in [9.17, 15) is 9.90 Å². The summed E-state index contributed by atoms with van der Waals surface area (Å²) < 4.78 is 1.86. The molecular formula is C22H30N4O2. The number of piperazine rings is 1. The van der Waals surface area contributed by atoms with Crippen LogP contribution < -0.4 is 4.90 Å². The van der Waals surface area contributed by atoms with Crippen molar-refractivity contribution >= 4 is 11.6 Å². The quantitative estimate of drug-likeness (QED) is 0.861. The van der Waals surface area contributed by atoms with E-state index in [-0.39, 0.29) is 5.91 Å². The van der Waals surface area contributed by atoms with Crippen LogP contribution >= 0.6 is 0 Å². The first-order valence-electron chi connectivity index (χ1n) is 10.3. The Morgan fingerprint density at radius 3 is 2.50 bits per heavy atom. The zero-order valence-electron chi connectivity index (χ0n) is 16.6. The Kier molecular flexibility index (Phi) is 5.69. The molecule has 1 unspecified atom stereocenters. The lowest BCUT2D eigenvalue weighted by Gasteiger charge is -2.36. The standard InChI is InChI=1S/C22H30N4O2/c1-23-16-19-20(17-23)22(28)26(11-8-21(19)27)10-5-9-24-12-14-25(15-13-24)18-6-3-2-4-7-18/h2-4,6-7,16-17,21,27H,5,8-15H2,1H3. The molecule has 3 heterocycles. The number of aromatic nitrogens is 1. The van der Waals surface area contributed by atoms with Gasteiger partial charge in [0.1, 0.15) is 0 Å². The summed E-state index contributed by atoms with van der Waals surface area (Å²) in [7, 11) is 1.90. The lowest BCUT2D eigenvalue weighted by Crippen LogP contribution is -2.47. The summed E-state index contributed by atoms with van der Waals surface area (Å²) in [6, 6.07) is 10.6. The molecule has 0 bridgehead atoms. The van der Waals surface area contributed by atoms with E-state index >= 15 is 0 Å². The topological polar surface area (TPSA) is 52.0 Å². The van der Waals surface area contributed by atoms with Crippen LogP contribution in [0.3, 0.4) is 0 Å². The van der Waals surface area contributed by atoms with E-state index < -0.39 is 6.10 Å². The van der Waals surface area contributed by atoms with E-state index in [1.807, 2.05) is 28.9 Å². The van der Waals surface area contributed by atoms with Crippen molar-refractivity contribution in [2.24, 2.45) is 7.05 Å². The van der Waals surface area contributed by atoms with Gasteiger partial charge in [0.05, 0.1) is 11.7 Å². The van der Waals surface area contributed by atoms with Gasteiger partial charge in [0.25, 0.3) is 5.91 Å². The molecule has 0 saturated carbocycles. The number of carbonyl (C=O) groups is 1. The molecule has 150 valence electrons. The predicted molar refractivity (Wildman–Crippen MR) is 111 cm³/mol. The molecule has 1 fully saturated rings. The van der Waals surface area contributed by atoms with Crippen LogP contribution in [0.1, 0.15) is 34.9 Å². The third-order valence-corrected chi connectivity index (χ3v) is 5.93. The fourth-order valence-electron chi connectivity index (χ4n) is 4.32. The van der Waals surface area contributed by atoms with Crippen LogP contribution in [0.4, 0.5) is 5.69 Å². The SMILES string of the molecule is Cn1cc2c(c1)C(O)CCN(CCCN1CCN(c3ccccc3)CC1)C2=O. The summed E-state index contributed by atoms with van der Waals surface area (Å²) >= 11 is 0. The number of aliphatic hydroxyl groups is 1. The van der Waals surface area contributed by atoms with Crippen LogP contribution in [0.2, 0.25) is 0 Å². The van der Waals surface area contributed by atoms with E-state index in [0.717, 1.165) is 51.3 Å². The maximum Gasteiger partial charge on any atom is 0.255 e. The molecule has 1 N–H and O–H groups in total. The lowest BCUT2D eigenvalue weighted by atomic mass is 10.1. The largest absolute Gasteiger partial charge is 0.388 e. The highest BCUT2D eigenvalue weighted by Crippen LogP contribution is 2.27. The summed E-state index contributed by atoms with van der Waals surface area (Å²) in [4.78, 5) is 19.7. The lowest BCUT2D eigenvalue weighted by molar-refractivity contribution is 0.0737. The Bertz CT molecular complexity index is 796. The van der Waals surface area contributed by atoms with Gasteiger partial charge in [-0.2, -0.15) is 0 Å². The van der Waals surface area contributed by atoms with Crippen molar-refractivity contribution in [2.45, 2.75) is 18.9 Å². The summed E-state index contributed by atoms with van der Waals surface area (Å²) in [6.45, 7) is 6.60. The molecule has 1 atom stereocenters. The minimum absolute atomic E-state index is 0.0565. The number of para-hydroxylation sites is 1. The van der Waals surface area contributed by atoms with Gasteiger partial charge in [0.15, 0.2) is 0 Å². The zero-order valence-corrected chi connectivity index (χ0v) is 16.6. The summed E-state index contributed by atoms with van der Waals surface area (Å²) in [5.41, 5.74) is 2.73. The number of amides is 1. The van der Waals surface area contributed by atoms with Crippen LogP contribution in [-0.2, 0) is 7.05 Å². The van der Waals surface area contributed by atoms with Crippen molar-refractivity contribution in [1.29, 1.82) is 0 Å². The number of aryl methyl sites for hydroxylation is 1. The summed E-state index contributed by atoms with van der Waals surface area (Å²) in [6.07, 6.45) is 4.74. The Morgan fingerprint density at radius 2 is 1.75 bits per heavy atom. The molecule has 28 heavy (non-hydrogen) atoms. The van der Waals surface area contributed by atoms with Gasteiger partial charge in [-0.25, -0.2) is 0 Å². The summed E-state index contributed by atoms with van der Waals surface area (Å²) in [5.74, 6) is 0.0565. The highest BCUT2D eigenvalue weighted by molar-refractivity contribution is 5.96. The first kappa shape index (κ1) is 19.0. The molecule has 6 nitrogen and oxygen atoms in total. The van der Waals surface area contributed by atoms with Crippen molar-refractivity contribution in [3.05, 3.63) is 53.9 Å². The average Bonchev–Trinajstić information content (AvgIpc) is 3.08. The van der Waals surface area contributed by atoms with Gasteiger partial charge in [-0.15, -0.1) is 0 Å². The predicted octanol–water partition coefficient (Wildman–Crippen LogP) is 2.12.